The predicted molar refractivity (Wildman–Crippen MR) is 106 cm³/mol. The van der Waals surface area contributed by atoms with E-state index in [9.17, 15) is 26.7 Å². The van der Waals surface area contributed by atoms with Crippen LogP contribution in [0.3, 0.4) is 0 Å². The maximum Gasteiger partial charge on any atom is 0.416 e. The number of carbonyl (C=O) groups excluding carboxylic acids is 1. The van der Waals surface area contributed by atoms with Crippen LogP contribution < -0.4 is 5.32 Å². The van der Waals surface area contributed by atoms with E-state index >= 15 is 0 Å². The molecule has 1 aliphatic rings. The van der Waals surface area contributed by atoms with Gasteiger partial charge in [0, 0.05) is 24.2 Å². The molecule has 1 saturated carbocycles. The van der Waals surface area contributed by atoms with E-state index in [1.165, 1.54) is 6.07 Å². The minimum atomic E-state index is -4.41. The summed E-state index contributed by atoms with van der Waals surface area (Å²) in [6.45, 7) is 0.281. The minimum absolute atomic E-state index is 0.0346. The number of aromatic hydroxyl groups is 1. The Morgan fingerprint density at radius 1 is 1.09 bits per heavy atom. The van der Waals surface area contributed by atoms with Gasteiger partial charge in [0.2, 0.25) is 0 Å². The molecule has 2 aromatic carbocycles. The van der Waals surface area contributed by atoms with Crippen LogP contribution in [0.2, 0.25) is 0 Å². The van der Waals surface area contributed by atoms with E-state index in [0.29, 0.717) is 23.0 Å². The summed E-state index contributed by atoms with van der Waals surface area (Å²) in [5, 5.41) is 16.6. The van der Waals surface area contributed by atoms with Gasteiger partial charge in [0.25, 0.3) is 5.91 Å². The van der Waals surface area contributed by atoms with Crippen molar-refractivity contribution < 1.29 is 31.9 Å². The van der Waals surface area contributed by atoms with Crippen LogP contribution in [0.1, 0.15) is 47.6 Å². The zero-order valence-electron chi connectivity index (χ0n) is 16.8. The van der Waals surface area contributed by atoms with E-state index in [1.54, 1.807) is 10.9 Å². The molecule has 1 amide bonds. The fourth-order valence-electron chi connectivity index (χ4n) is 4.06. The fraction of sp³-hybridized carbons (Fsp3) is 0.364. The molecular weight excluding hydrogens is 433 g/mol. The molecule has 3 aromatic rings. The van der Waals surface area contributed by atoms with Crippen LogP contribution in [0.4, 0.5) is 22.0 Å². The van der Waals surface area contributed by atoms with Crippen molar-refractivity contribution in [2.24, 2.45) is 5.92 Å². The summed E-state index contributed by atoms with van der Waals surface area (Å²) >= 11 is 0. The molecule has 0 aliphatic heterocycles. The quantitative estimate of drug-likeness (QED) is 0.534. The number of nitrogens with zero attached hydrogens (tertiary/aromatic N) is 2. The number of hydrogen-bond donors (Lipinski definition) is 2. The minimum Gasteiger partial charge on any atom is -0.505 e. The lowest BCUT2D eigenvalue weighted by atomic mass is 9.86. The number of benzene rings is 2. The summed E-state index contributed by atoms with van der Waals surface area (Å²) in [5.74, 6) is -3.59. The number of alkyl halides is 3. The van der Waals surface area contributed by atoms with E-state index in [1.807, 2.05) is 0 Å². The Balaban J connectivity index is 1.34. The zero-order chi connectivity index (χ0) is 23.0. The Morgan fingerprint density at radius 3 is 2.50 bits per heavy atom. The number of rotatable bonds is 4. The number of nitrogens with one attached hydrogen (secondary N) is 1. The molecule has 170 valence electrons. The monoisotopic (exact) mass is 453 g/mol. The van der Waals surface area contributed by atoms with Gasteiger partial charge in [-0.1, -0.05) is 0 Å². The van der Waals surface area contributed by atoms with Gasteiger partial charge in [0.15, 0.2) is 11.6 Å². The Hall–Kier alpha value is -3.17. The number of phenols is 1. The van der Waals surface area contributed by atoms with E-state index < -0.39 is 40.6 Å². The van der Waals surface area contributed by atoms with E-state index in [2.05, 4.69) is 10.4 Å². The van der Waals surface area contributed by atoms with Gasteiger partial charge in [-0.3, -0.25) is 9.48 Å². The topological polar surface area (TPSA) is 67.2 Å². The lowest BCUT2D eigenvalue weighted by Crippen LogP contribution is -2.32. The van der Waals surface area contributed by atoms with Crippen LogP contribution in [0.15, 0.2) is 36.5 Å². The lowest BCUT2D eigenvalue weighted by molar-refractivity contribution is -0.137. The second-order valence-corrected chi connectivity index (χ2v) is 8.05. The Morgan fingerprint density at radius 2 is 1.81 bits per heavy atom. The first-order chi connectivity index (χ1) is 15.1. The van der Waals surface area contributed by atoms with Crippen molar-refractivity contribution in [3.8, 4) is 5.75 Å². The molecule has 5 nitrogen and oxygen atoms in total. The zero-order valence-corrected chi connectivity index (χ0v) is 16.8. The molecule has 0 spiro atoms. The van der Waals surface area contributed by atoms with E-state index in [0.717, 1.165) is 37.8 Å². The van der Waals surface area contributed by atoms with Gasteiger partial charge in [-0.25, -0.2) is 8.78 Å². The molecule has 0 saturated heterocycles. The first kappa shape index (κ1) is 22.0. The molecular formula is C22H20F5N3O2. The van der Waals surface area contributed by atoms with Crippen molar-refractivity contribution in [2.75, 3.05) is 6.54 Å². The van der Waals surface area contributed by atoms with Crippen molar-refractivity contribution in [1.82, 2.24) is 15.1 Å². The molecule has 2 N–H and O–H groups in total. The normalized spacial score (nSPS) is 19.3. The van der Waals surface area contributed by atoms with Crippen molar-refractivity contribution in [2.45, 2.75) is 37.9 Å². The van der Waals surface area contributed by atoms with Crippen LogP contribution in [0.5, 0.6) is 5.75 Å². The average molecular weight is 453 g/mol. The van der Waals surface area contributed by atoms with Crippen LogP contribution in [-0.2, 0) is 6.18 Å². The van der Waals surface area contributed by atoms with Crippen LogP contribution >= 0.6 is 0 Å². The van der Waals surface area contributed by atoms with Crippen LogP contribution in [0.25, 0.3) is 10.9 Å². The van der Waals surface area contributed by atoms with E-state index in [4.69, 9.17) is 5.11 Å². The highest BCUT2D eigenvalue weighted by Gasteiger charge is 2.31. The van der Waals surface area contributed by atoms with Gasteiger partial charge in [-0.05, 0) is 55.9 Å². The maximum absolute atomic E-state index is 13.8. The second-order valence-electron chi connectivity index (χ2n) is 8.05. The highest BCUT2D eigenvalue weighted by molar-refractivity contribution is 5.94. The molecule has 10 heteroatoms. The highest BCUT2D eigenvalue weighted by Crippen LogP contribution is 2.34. The third-order valence-corrected chi connectivity index (χ3v) is 5.87. The average Bonchev–Trinajstić information content (AvgIpc) is 3.18. The predicted octanol–water partition coefficient (Wildman–Crippen LogP) is 5.20. The SMILES string of the molecule is O=C(NC[C@H]1CC[C@H](n2cc3cc(C(F)(F)F)ccc3n2)CC1)c1cc(F)c(O)cc1F. The number of amides is 1. The summed E-state index contributed by atoms with van der Waals surface area (Å²) in [6.07, 6.45) is 0.140. The molecule has 0 unspecified atom stereocenters. The third kappa shape index (κ3) is 4.53. The molecule has 1 fully saturated rings. The first-order valence-electron chi connectivity index (χ1n) is 10.1. The van der Waals surface area contributed by atoms with Crippen LogP contribution in [-0.4, -0.2) is 27.3 Å². The Labute approximate surface area is 179 Å². The summed E-state index contributed by atoms with van der Waals surface area (Å²) in [6, 6.07) is 4.71. The highest BCUT2D eigenvalue weighted by atomic mass is 19.4. The number of aromatic nitrogens is 2. The van der Waals surface area contributed by atoms with Gasteiger partial charge in [-0.2, -0.15) is 18.3 Å². The molecule has 1 heterocycles. The van der Waals surface area contributed by atoms with Gasteiger partial charge in [0.05, 0.1) is 22.7 Å². The third-order valence-electron chi connectivity index (χ3n) is 5.87. The number of phenolic OH excluding ortho intramolecular Hbond substituents is 1. The number of halogens is 5. The van der Waals surface area contributed by atoms with Crippen molar-refractivity contribution >= 4 is 16.8 Å². The van der Waals surface area contributed by atoms with Crippen molar-refractivity contribution in [3.05, 3.63) is 59.3 Å². The molecule has 0 atom stereocenters. The van der Waals surface area contributed by atoms with Crippen molar-refractivity contribution in [1.29, 1.82) is 0 Å². The van der Waals surface area contributed by atoms with Gasteiger partial charge in [0.1, 0.15) is 5.82 Å². The summed E-state index contributed by atoms with van der Waals surface area (Å²) in [7, 11) is 0. The van der Waals surface area contributed by atoms with Gasteiger partial charge >= 0.3 is 6.18 Å². The molecule has 1 aliphatic carbocycles. The van der Waals surface area contributed by atoms with Gasteiger partial charge < -0.3 is 10.4 Å². The number of fused-ring (bicyclic) bond motifs is 1. The largest absolute Gasteiger partial charge is 0.505 e. The standard InChI is InChI=1S/C22H20F5N3O2/c23-17-9-20(31)18(24)8-16(17)21(32)28-10-12-1-4-15(5-2-12)30-11-13-7-14(22(25,26)27)3-6-19(13)29-30/h3,6-9,11-12,15,31H,1-2,4-5,10H2,(H,28,32)/t12-,15-. The fourth-order valence-corrected chi connectivity index (χ4v) is 4.06. The van der Waals surface area contributed by atoms with E-state index in [-0.39, 0.29) is 18.5 Å². The first-order valence-corrected chi connectivity index (χ1v) is 10.1. The Bertz CT molecular complexity index is 1150. The molecule has 0 bridgehead atoms. The number of hydrogen-bond acceptors (Lipinski definition) is 3. The summed E-state index contributed by atoms with van der Waals surface area (Å²) < 4.78 is 67.7. The Kier molecular flexibility index (Phi) is 5.79. The number of carbonyl (C=O) groups is 1. The molecule has 0 radical (unpaired) electrons. The summed E-state index contributed by atoms with van der Waals surface area (Å²) in [5.41, 5.74) is -0.695. The van der Waals surface area contributed by atoms with Crippen molar-refractivity contribution in [3.63, 3.8) is 0 Å². The van der Waals surface area contributed by atoms with Crippen LogP contribution in [0, 0.1) is 17.6 Å². The maximum atomic E-state index is 13.8. The smallest absolute Gasteiger partial charge is 0.416 e. The summed E-state index contributed by atoms with van der Waals surface area (Å²) in [4.78, 5) is 12.2. The van der Waals surface area contributed by atoms with Gasteiger partial charge in [-0.15, -0.1) is 0 Å². The molecule has 4 rings (SSSR count). The molecule has 1 aromatic heterocycles. The lowest BCUT2D eigenvalue weighted by Gasteiger charge is -2.28. The second kappa shape index (κ2) is 8.40. The molecule has 32 heavy (non-hydrogen) atoms.